The van der Waals surface area contributed by atoms with Crippen molar-refractivity contribution in [1.82, 2.24) is 4.98 Å². The van der Waals surface area contributed by atoms with Crippen LogP contribution in [0.4, 0.5) is 0 Å². The van der Waals surface area contributed by atoms with Gasteiger partial charge in [-0.3, -0.25) is 4.79 Å². The summed E-state index contributed by atoms with van der Waals surface area (Å²) in [6.07, 6.45) is 0.837. The van der Waals surface area contributed by atoms with Crippen LogP contribution in [0, 0.1) is 6.92 Å². The monoisotopic (exact) mass is 261 g/mol. The molecule has 0 radical (unpaired) electrons. The number of aromatic nitrogens is 1. The summed E-state index contributed by atoms with van der Waals surface area (Å²) in [4.78, 5) is 16.0. The van der Waals surface area contributed by atoms with Crippen molar-refractivity contribution < 1.29 is 9.53 Å². The molecule has 1 aromatic heterocycles. The third-order valence-electron chi connectivity index (χ3n) is 2.41. The van der Waals surface area contributed by atoms with Crippen molar-refractivity contribution in [2.75, 3.05) is 6.61 Å². The summed E-state index contributed by atoms with van der Waals surface area (Å²) < 4.78 is 5.48. The van der Waals surface area contributed by atoms with Gasteiger partial charge in [-0.25, -0.2) is 4.98 Å². The Hall–Kier alpha value is -1.68. The zero-order valence-corrected chi connectivity index (χ0v) is 11.1. The fraction of sp³-hybridized carbons (Fsp3) is 0.286. The molecule has 3 nitrogen and oxygen atoms in total. The van der Waals surface area contributed by atoms with Gasteiger partial charge >= 0.3 is 0 Å². The molecular formula is C14H15NO2S. The predicted octanol–water partition coefficient (Wildman–Crippen LogP) is 3.03. The lowest BCUT2D eigenvalue weighted by Gasteiger charge is -2.04. The topological polar surface area (TPSA) is 39.2 Å². The number of carbonyl (C=O) groups is 1. The van der Waals surface area contributed by atoms with Crippen LogP contribution in [0.2, 0.25) is 0 Å². The molecule has 0 saturated carbocycles. The molecule has 0 unspecified atom stereocenters. The van der Waals surface area contributed by atoms with E-state index in [1.807, 2.05) is 42.6 Å². The fourth-order valence-corrected chi connectivity index (χ4v) is 2.34. The van der Waals surface area contributed by atoms with E-state index < -0.39 is 0 Å². The number of ketones is 1. The molecular weight excluding hydrogens is 246 g/mol. The number of nitrogens with zero attached hydrogens (tertiary/aromatic N) is 1. The van der Waals surface area contributed by atoms with Gasteiger partial charge in [-0.2, -0.15) is 0 Å². The van der Waals surface area contributed by atoms with Crippen LogP contribution in [0.5, 0.6) is 5.75 Å². The minimum absolute atomic E-state index is 0.167. The lowest BCUT2D eigenvalue weighted by Crippen LogP contribution is -2.08. The summed E-state index contributed by atoms with van der Waals surface area (Å²) in [5.74, 6) is 0.968. The Labute approximate surface area is 110 Å². The summed E-state index contributed by atoms with van der Waals surface area (Å²) in [6.45, 7) is 2.36. The minimum Gasteiger partial charge on any atom is -0.493 e. The van der Waals surface area contributed by atoms with Crippen LogP contribution < -0.4 is 4.74 Å². The number of hydrogen-bond donors (Lipinski definition) is 0. The van der Waals surface area contributed by atoms with Gasteiger partial charge < -0.3 is 4.74 Å². The highest BCUT2D eigenvalue weighted by Gasteiger charge is 2.07. The van der Waals surface area contributed by atoms with Crippen molar-refractivity contribution in [2.24, 2.45) is 0 Å². The number of rotatable bonds is 6. The van der Waals surface area contributed by atoms with Gasteiger partial charge in [-0.05, 0) is 19.1 Å². The maximum atomic E-state index is 11.7. The van der Waals surface area contributed by atoms with E-state index in [-0.39, 0.29) is 5.78 Å². The first kappa shape index (κ1) is 12.8. The Morgan fingerprint density at radius 2 is 2.11 bits per heavy atom. The Kier molecular flexibility index (Phi) is 4.47. The number of thiazole rings is 1. The largest absolute Gasteiger partial charge is 0.493 e. The second kappa shape index (κ2) is 6.31. The molecule has 0 aliphatic rings. The predicted molar refractivity (Wildman–Crippen MR) is 72.1 cm³/mol. The zero-order valence-electron chi connectivity index (χ0n) is 10.3. The molecule has 4 heteroatoms. The first-order chi connectivity index (χ1) is 8.74. The fourth-order valence-electron chi connectivity index (χ4n) is 1.54. The smallest absolute Gasteiger partial charge is 0.143 e. The summed E-state index contributed by atoms with van der Waals surface area (Å²) >= 11 is 1.53. The van der Waals surface area contributed by atoms with Crippen LogP contribution in [0.1, 0.15) is 17.1 Å². The molecule has 0 saturated heterocycles. The van der Waals surface area contributed by atoms with Crippen molar-refractivity contribution >= 4 is 17.1 Å². The van der Waals surface area contributed by atoms with E-state index in [1.165, 1.54) is 11.3 Å². The van der Waals surface area contributed by atoms with Crippen molar-refractivity contribution in [3.63, 3.8) is 0 Å². The molecule has 0 spiro atoms. The van der Waals surface area contributed by atoms with Gasteiger partial charge in [-0.15, -0.1) is 11.3 Å². The maximum absolute atomic E-state index is 11.7. The lowest BCUT2D eigenvalue weighted by molar-refractivity contribution is -0.118. The van der Waals surface area contributed by atoms with Gasteiger partial charge in [-0.1, -0.05) is 18.2 Å². The molecule has 1 heterocycles. The van der Waals surface area contributed by atoms with Gasteiger partial charge in [0.25, 0.3) is 0 Å². The number of hydrogen-bond acceptors (Lipinski definition) is 4. The van der Waals surface area contributed by atoms with Gasteiger partial charge in [0.05, 0.1) is 13.0 Å². The van der Waals surface area contributed by atoms with Crippen molar-refractivity contribution in [3.8, 4) is 5.75 Å². The van der Waals surface area contributed by atoms with Gasteiger partial charge in [0.1, 0.15) is 16.5 Å². The maximum Gasteiger partial charge on any atom is 0.143 e. The number of para-hydroxylation sites is 1. The molecule has 0 bridgehead atoms. The highest BCUT2D eigenvalue weighted by molar-refractivity contribution is 7.09. The highest BCUT2D eigenvalue weighted by Crippen LogP contribution is 2.11. The molecule has 0 N–H and O–H groups in total. The standard InChI is InChI=1S/C14H15NO2S/c1-11-10-18-14(15-11)9-12(16)7-8-17-13-5-3-2-4-6-13/h2-6,10H,7-9H2,1H3. The zero-order chi connectivity index (χ0) is 12.8. The van der Waals surface area contributed by atoms with E-state index >= 15 is 0 Å². The molecule has 0 fully saturated rings. The first-order valence-corrected chi connectivity index (χ1v) is 6.72. The van der Waals surface area contributed by atoms with E-state index in [0.29, 0.717) is 19.4 Å². The van der Waals surface area contributed by atoms with Crippen molar-refractivity contribution in [3.05, 3.63) is 46.4 Å². The average molecular weight is 261 g/mol. The normalized spacial score (nSPS) is 10.3. The van der Waals surface area contributed by atoms with Crippen molar-refractivity contribution in [2.45, 2.75) is 19.8 Å². The van der Waals surface area contributed by atoms with E-state index in [4.69, 9.17) is 4.74 Å². The second-order valence-electron chi connectivity index (χ2n) is 4.01. The minimum atomic E-state index is 0.167. The molecule has 2 aromatic rings. The quantitative estimate of drug-likeness (QED) is 0.802. The summed E-state index contributed by atoms with van der Waals surface area (Å²) in [5.41, 5.74) is 0.975. The molecule has 2 rings (SSSR count). The SMILES string of the molecule is Cc1csc(CC(=O)CCOc2ccccc2)n1. The van der Waals surface area contributed by atoms with Crippen molar-refractivity contribution in [1.29, 1.82) is 0 Å². The number of aryl methyl sites for hydroxylation is 1. The molecule has 0 aliphatic heterocycles. The van der Waals surface area contributed by atoms with Gasteiger partial charge in [0.2, 0.25) is 0 Å². The Balaban J connectivity index is 1.72. The number of Topliss-reactive ketones (excluding diaryl/α,β-unsaturated/α-hetero) is 1. The van der Waals surface area contributed by atoms with E-state index in [2.05, 4.69) is 4.98 Å². The van der Waals surface area contributed by atoms with E-state index in [9.17, 15) is 4.79 Å². The number of carbonyl (C=O) groups excluding carboxylic acids is 1. The summed E-state index contributed by atoms with van der Waals surface area (Å²) in [5, 5.41) is 2.85. The third kappa shape index (κ3) is 3.96. The summed E-state index contributed by atoms with van der Waals surface area (Å²) in [6, 6.07) is 9.52. The lowest BCUT2D eigenvalue weighted by atomic mass is 10.2. The Morgan fingerprint density at radius 3 is 2.78 bits per heavy atom. The molecule has 0 aliphatic carbocycles. The summed E-state index contributed by atoms with van der Waals surface area (Å²) in [7, 11) is 0. The number of ether oxygens (including phenoxy) is 1. The Bertz CT molecular complexity index is 508. The average Bonchev–Trinajstić information content (AvgIpc) is 2.76. The van der Waals surface area contributed by atoms with E-state index in [1.54, 1.807) is 0 Å². The Morgan fingerprint density at radius 1 is 1.33 bits per heavy atom. The van der Waals surface area contributed by atoms with Crippen LogP contribution in [0.3, 0.4) is 0 Å². The van der Waals surface area contributed by atoms with Crippen LogP contribution in [0.15, 0.2) is 35.7 Å². The molecule has 94 valence electrons. The van der Waals surface area contributed by atoms with Crippen LogP contribution in [0.25, 0.3) is 0 Å². The van der Waals surface area contributed by atoms with Gasteiger partial charge in [0.15, 0.2) is 0 Å². The van der Waals surface area contributed by atoms with Crippen LogP contribution in [-0.2, 0) is 11.2 Å². The molecule has 0 amide bonds. The van der Waals surface area contributed by atoms with Crippen LogP contribution >= 0.6 is 11.3 Å². The number of benzene rings is 1. The molecule has 1 aromatic carbocycles. The van der Waals surface area contributed by atoms with E-state index in [0.717, 1.165) is 16.5 Å². The molecule has 18 heavy (non-hydrogen) atoms. The first-order valence-electron chi connectivity index (χ1n) is 5.84. The second-order valence-corrected chi connectivity index (χ2v) is 4.95. The third-order valence-corrected chi connectivity index (χ3v) is 3.37. The van der Waals surface area contributed by atoms with Crippen LogP contribution in [-0.4, -0.2) is 17.4 Å². The molecule has 0 atom stereocenters. The van der Waals surface area contributed by atoms with Gasteiger partial charge in [0, 0.05) is 17.5 Å². The highest BCUT2D eigenvalue weighted by atomic mass is 32.1.